The van der Waals surface area contributed by atoms with E-state index in [-0.39, 0.29) is 11.9 Å². The smallest absolute Gasteiger partial charge is 0.326 e. The first-order chi connectivity index (χ1) is 10.1. The van der Waals surface area contributed by atoms with Crippen molar-refractivity contribution in [3.8, 4) is 0 Å². The number of hydrogen-bond donors (Lipinski definition) is 1. The van der Waals surface area contributed by atoms with Crippen LogP contribution in [-0.4, -0.2) is 34.0 Å². The van der Waals surface area contributed by atoms with Crippen molar-refractivity contribution >= 4 is 23.5 Å². The second-order valence-corrected chi connectivity index (χ2v) is 6.36. The fourth-order valence-electron chi connectivity index (χ4n) is 3.71. The van der Waals surface area contributed by atoms with Crippen LogP contribution < -0.4 is 0 Å². The molecule has 1 aliphatic heterocycles. The van der Waals surface area contributed by atoms with Crippen LogP contribution in [0.5, 0.6) is 0 Å². The molecule has 1 N–H and O–H groups in total. The average Bonchev–Trinajstić information content (AvgIpc) is 2.87. The normalized spacial score (nSPS) is 28.2. The number of amides is 1. The first-order valence-electron chi connectivity index (χ1n) is 7.39. The maximum absolute atomic E-state index is 12.7. The Morgan fingerprint density at radius 3 is 2.48 bits per heavy atom. The SMILES string of the molecule is O=C(O)[C@@H]1C[C@H]2CCCC[C@H]2N1C(=O)c1ccc(Cl)cc1. The Kier molecular flexibility index (Phi) is 3.89. The van der Waals surface area contributed by atoms with Gasteiger partial charge in [0, 0.05) is 16.6 Å². The van der Waals surface area contributed by atoms with Gasteiger partial charge >= 0.3 is 5.97 Å². The summed E-state index contributed by atoms with van der Waals surface area (Å²) >= 11 is 5.85. The second kappa shape index (κ2) is 5.68. The molecule has 0 bridgehead atoms. The van der Waals surface area contributed by atoms with E-state index in [0.717, 1.165) is 25.7 Å². The number of carboxylic acids is 1. The van der Waals surface area contributed by atoms with Crippen LogP contribution >= 0.6 is 11.6 Å². The number of likely N-dealkylation sites (tertiary alicyclic amines) is 1. The number of aliphatic carboxylic acids is 1. The van der Waals surface area contributed by atoms with E-state index in [1.54, 1.807) is 29.2 Å². The largest absolute Gasteiger partial charge is 0.480 e. The summed E-state index contributed by atoms with van der Waals surface area (Å²) in [6, 6.07) is 6.04. The maximum atomic E-state index is 12.7. The predicted molar refractivity (Wildman–Crippen MR) is 79.4 cm³/mol. The zero-order valence-corrected chi connectivity index (χ0v) is 12.4. The van der Waals surface area contributed by atoms with Crippen LogP contribution in [0.4, 0.5) is 0 Å². The summed E-state index contributed by atoms with van der Waals surface area (Å²) in [4.78, 5) is 25.9. The Hall–Kier alpha value is -1.55. The third-order valence-electron chi connectivity index (χ3n) is 4.70. The number of carbonyl (C=O) groups excluding carboxylic acids is 1. The third-order valence-corrected chi connectivity index (χ3v) is 4.95. The van der Waals surface area contributed by atoms with Crippen molar-refractivity contribution in [3.05, 3.63) is 34.9 Å². The van der Waals surface area contributed by atoms with Crippen LogP contribution in [-0.2, 0) is 4.79 Å². The molecule has 1 saturated heterocycles. The Morgan fingerprint density at radius 2 is 1.81 bits per heavy atom. The number of carbonyl (C=O) groups is 2. The highest BCUT2D eigenvalue weighted by Crippen LogP contribution is 2.40. The molecule has 1 aliphatic carbocycles. The number of hydrogen-bond acceptors (Lipinski definition) is 2. The van der Waals surface area contributed by atoms with Gasteiger partial charge in [-0.05, 0) is 49.4 Å². The zero-order valence-electron chi connectivity index (χ0n) is 11.7. The molecule has 2 fully saturated rings. The maximum Gasteiger partial charge on any atom is 0.326 e. The highest BCUT2D eigenvalue weighted by Gasteiger charge is 2.47. The van der Waals surface area contributed by atoms with E-state index < -0.39 is 12.0 Å². The van der Waals surface area contributed by atoms with Gasteiger partial charge in [-0.3, -0.25) is 4.79 Å². The fraction of sp³-hybridized carbons (Fsp3) is 0.500. The summed E-state index contributed by atoms with van der Waals surface area (Å²) < 4.78 is 0. The van der Waals surface area contributed by atoms with E-state index >= 15 is 0 Å². The Morgan fingerprint density at radius 1 is 1.14 bits per heavy atom. The van der Waals surface area contributed by atoms with Crippen molar-refractivity contribution in [1.82, 2.24) is 4.90 Å². The number of carboxylic acid groups (broad SMARTS) is 1. The van der Waals surface area contributed by atoms with Gasteiger partial charge in [0.1, 0.15) is 6.04 Å². The molecule has 1 saturated carbocycles. The summed E-state index contributed by atoms with van der Waals surface area (Å²) in [7, 11) is 0. The molecule has 4 nitrogen and oxygen atoms in total. The Labute approximate surface area is 128 Å². The van der Waals surface area contributed by atoms with Crippen LogP contribution in [0.2, 0.25) is 5.02 Å². The molecule has 1 amide bonds. The average molecular weight is 308 g/mol. The van der Waals surface area contributed by atoms with Crippen molar-refractivity contribution in [1.29, 1.82) is 0 Å². The van der Waals surface area contributed by atoms with Crippen molar-refractivity contribution in [2.24, 2.45) is 5.92 Å². The molecular formula is C16H18ClNO3. The van der Waals surface area contributed by atoms with E-state index in [9.17, 15) is 14.7 Å². The summed E-state index contributed by atoms with van der Waals surface area (Å²) in [5, 5.41) is 10.0. The molecule has 0 unspecified atom stereocenters. The standard InChI is InChI=1S/C16H18ClNO3/c17-12-7-5-10(6-8-12)15(19)18-13-4-2-1-3-11(13)9-14(18)16(20)21/h5-8,11,13-14H,1-4,9H2,(H,20,21)/t11-,13-,14+/m1/s1. The molecule has 0 radical (unpaired) electrons. The van der Waals surface area contributed by atoms with Crippen molar-refractivity contribution in [2.75, 3.05) is 0 Å². The summed E-state index contributed by atoms with van der Waals surface area (Å²) in [5.74, 6) is -0.753. The zero-order chi connectivity index (χ0) is 15.0. The van der Waals surface area contributed by atoms with Crippen molar-refractivity contribution in [3.63, 3.8) is 0 Å². The molecule has 1 aromatic rings. The van der Waals surface area contributed by atoms with Crippen molar-refractivity contribution in [2.45, 2.75) is 44.2 Å². The first kappa shape index (κ1) is 14.4. The lowest BCUT2D eigenvalue weighted by molar-refractivity contribution is -0.141. The van der Waals surface area contributed by atoms with Gasteiger partial charge in [-0.25, -0.2) is 4.79 Å². The molecule has 3 rings (SSSR count). The van der Waals surface area contributed by atoms with Gasteiger partial charge in [0.2, 0.25) is 0 Å². The Bertz CT molecular complexity index is 557. The van der Waals surface area contributed by atoms with Gasteiger partial charge < -0.3 is 10.0 Å². The van der Waals surface area contributed by atoms with Crippen LogP contribution in [0.25, 0.3) is 0 Å². The predicted octanol–water partition coefficient (Wildman–Crippen LogP) is 3.20. The van der Waals surface area contributed by atoms with E-state index in [2.05, 4.69) is 0 Å². The molecule has 1 aromatic carbocycles. The monoisotopic (exact) mass is 307 g/mol. The summed E-state index contributed by atoms with van der Waals surface area (Å²) in [6.07, 6.45) is 4.72. The number of halogens is 1. The fourth-order valence-corrected chi connectivity index (χ4v) is 3.84. The topological polar surface area (TPSA) is 57.6 Å². The van der Waals surface area contributed by atoms with Gasteiger partial charge in [-0.2, -0.15) is 0 Å². The number of nitrogens with zero attached hydrogens (tertiary/aromatic N) is 1. The minimum Gasteiger partial charge on any atom is -0.480 e. The molecule has 21 heavy (non-hydrogen) atoms. The van der Waals surface area contributed by atoms with Gasteiger partial charge in [0.05, 0.1) is 0 Å². The van der Waals surface area contributed by atoms with Crippen LogP contribution in [0.3, 0.4) is 0 Å². The number of benzene rings is 1. The van der Waals surface area contributed by atoms with E-state index in [4.69, 9.17) is 11.6 Å². The first-order valence-corrected chi connectivity index (χ1v) is 7.77. The molecule has 3 atom stereocenters. The second-order valence-electron chi connectivity index (χ2n) is 5.92. The van der Waals surface area contributed by atoms with Gasteiger partial charge in [-0.1, -0.05) is 24.4 Å². The third kappa shape index (κ3) is 2.64. The molecule has 5 heteroatoms. The van der Waals surface area contributed by atoms with Crippen LogP contribution in [0.15, 0.2) is 24.3 Å². The lowest BCUT2D eigenvalue weighted by atomic mass is 9.84. The molecule has 0 spiro atoms. The van der Waals surface area contributed by atoms with E-state index in [1.807, 2.05) is 0 Å². The van der Waals surface area contributed by atoms with E-state index in [1.165, 1.54) is 0 Å². The molecule has 0 aromatic heterocycles. The molecule has 2 aliphatic rings. The summed E-state index contributed by atoms with van der Waals surface area (Å²) in [5.41, 5.74) is 0.511. The number of rotatable bonds is 2. The van der Waals surface area contributed by atoms with Crippen LogP contribution in [0, 0.1) is 5.92 Å². The van der Waals surface area contributed by atoms with Gasteiger partial charge in [0.15, 0.2) is 0 Å². The lowest BCUT2D eigenvalue weighted by Gasteiger charge is -2.33. The van der Waals surface area contributed by atoms with Crippen molar-refractivity contribution < 1.29 is 14.7 Å². The molecule has 112 valence electrons. The molecule has 1 heterocycles. The quantitative estimate of drug-likeness (QED) is 0.913. The van der Waals surface area contributed by atoms with Gasteiger partial charge in [-0.15, -0.1) is 0 Å². The minimum absolute atomic E-state index is 0.0722. The lowest BCUT2D eigenvalue weighted by Crippen LogP contribution is -2.46. The summed E-state index contributed by atoms with van der Waals surface area (Å²) in [6.45, 7) is 0. The molecular weight excluding hydrogens is 290 g/mol. The minimum atomic E-state index is -0.897. The van der Waals surface area contributed by atoms with E-state index in [0.29, 0.717) is 22.9 Å². The highest BCUT2D eigenvalue weighted by molar-refractivity contribution is 6.30. The van der Waals surface area contributed by atoms with Gasteiger partial charge in [0.25, 0.3) is 5.91 Å². The number of fused-ring (bicyclic) bond motifs is 1. The highest BCUT2D eigenvalue weighted by atomic mass is 35.5. The van der Waals surface area contributed by atoms with Crippen LogP contribution in [0.1, 0.15) is 42.5 Å². The Balaban J connectivity index is 1.90.